The molecule has 1 heterocycles. The SMILES string of the molecule is COC(=O)/C=C/c1cc(OC)c2oc(-c3ccc(O[Si](C)(C)C(C)(C)C)c(O[Si](C)(C)C(C)(C)C)c3)cc2c1. The molecule has 0 aliphatic heterocycles. The maximum atomic E-state index is 11.6. The highest BCUT2D eigenvalue weighted by atomic mass is 28.4. The number of carbonyl (C=O) groups excluding carboxylic acids is 1. The Morgan fingerprint density at radius 1 is 0.795 bits per heavy atom. The molecule has 1 aromatic heterocycles. The summed E-state index contributed by atoms with van der Waals surface area (Å²) in [5.74, 6) is 2.38. The van der Waals surface area contributed by atoms with Gasteiger partial charge >= 0.3 is 5.97 Å². The van der Waals surface area contributed by atoms with Crippen molar-refractivity contribution in [3.05, 3.63) is 48.0 Å². The minimum absolute atomic E-state index is 0.0259. The van der Waals surface area contributed by atoms with Gasteiger partial charge in [-0.3, -0.25) is 0 Å². The number of carbonyl (C=O) groups is 1. The van der Waals surface area contributed by atoms with Crippen molar-refractivity contribution >= 4 is 39.6 Å². The standard InChI is InChI=1S/C31H44O6Si2/c1-30(2,3)38(9,10)36-24-15-14-22(19-26(24)37-39(11,12)31(4,5)6)25-20-23-17-21(13-16-28(32)34-8)18-27(33-7)29(23)35-25/h13-20H,1-12H3/b16-13+. The van der Waals surface area contributed by atoms with Crippen LogP contribution in [0.5, 0.6) is 17.2 Å². The van der Waals surface area contributed by atoms with Gasteiger partial charge in [0.2, 0.25) is 0 Å². The van der Waals surface area contributed by atoms with Crippen LogP contribution in [0.1, 0.15) is 47.1 Å². The van der Waals surface area contributed by atoms with Crippen molar-refractivity contribution in [2.24, 2.45) is 0 Å². The fourth-order valence-electron chi connectivity index (χ4n) is 3.45. The van der Waals surface area contributed by atoms with E-state index in [1.807, 2.05) is 36.4 Å². The molecule has 0 saturated heterocycles. The molecule has 39 heavy (non-hydrogen) atoms. The maximum absolute atomic E-state index is 11.6. The molecule has 212 valence electrons. The van der Waals surface area contributed by atoms with E-state index in [0.717, 1.165) is 28.0 Å². The van der Waals surface area contributed by atoms with Crippen molar-refractivity contribution in [2.75, 3.05) is 14.2 Å². The third-order valence-electron chi connectivity index (χ3n) is 8.01. The number of hydrogen-bond acceptors (Lipinski definition) is 6. The normalized spacial score (nSPS) is 13.1. The fourth-order valence-corrected chi connectivity index (χ4v) is 5.49. The zero-order valence-electron chi connectivity index (χ0n) is 25.6. The first kappa shape index (κ1) is 30.6. The van der Waals surface area contributed by atoms with Gasteiger partial charge in [0.1, 0.15) is 17.3 Å². The van der Waals surface area contributed by atoms with Crippen LogP contribution in [0.4, 0.5) is 0 Å². The lowest BCUT2D eigenvalue weighted by Gasteiger charge is -2.39. The predicted octanol–water partition coefficient (Wildman–Crippen LogP) is 9.06. The Morgan fingerprint density at radius 2 is 1.38 bits per heavy atom. The van der Waals surface area contributed by atoms with Crippen LogP contribution >= 0.6 is 0 Å². The summed E-state index contributed by atoms with van der Waals surface area (Å²) < 4.78 is 30.2. The van der Waals surface area contributed by atoms with Gasteiger partial charge in [-0.1, -0.05) is 41.5 Å². The first-order chi connectivity index (χ1) is 17.9. The van der Waals surface area contributed by atoms with Gasteiger partial charge in [0.05, 0.1) is 14.2 Å². The number of methoxy groups -OCH3 is 2. The van der Waals surface area contributed by atoms with Gasteiger partial charge in [-0.2, -0.15) is 0 Å². The molecule has 0 aliphatic rings. The van der Waals surface area contributed by atoms with Crippen LogP contribution < -0.4 is 13.6 Å². The topological polar surface area (TPSA) is 67.1 Å². The van der Waals surface area contributed by atoms with E-state index in [2.05, 4.69) is 67.7 Å². The first-order valence-corrected chi connectivity index (χ1v) is 19.1. The van der Waals surface area contributed by atoms with Crippen molar-refractivity contribution in [3.8, 4) is 28.6 Å². The Hall–Kier alpha value is -2.98. The molecule has 3 aromatic rings. The Morgan fingerprint density at radius 3 is 1.92 bits per heavy atom. The van der Waals surface area contributed by atoms with Gasteiger partial charge in [0.25, 0.3) is 16.6 Å². The van der Waals surface area contributed by atoms with Gasteiger partial charge in [-0.15, -0.1) is 0 Å². The molecule has 8 heteroatoms. The van der Waals surface area contributed by atoms with E-state index >= 15 is 0 Å². The summed E-state index contributed by atoms with van der Waals surface area (Å²) in [6.45, 7) is 22.4. The van der Waals surface area contributed by atoms with E-state index in [1.165, 1.54) is 13.2 Å². The summed E-state index contributed by atoms with van der Waals surface area (Å²) in [6, 6.07) is 11.8. The molecular weight excluding hydrogens is 525 g/mol. The molecule has 0 amide bonds. The Kier molecular flexibility index (Phi) is 8.53. The van der Waals surface area contributed by atoms with E-state index in [9.17, 15) is 4.79 Å². The first-order valence-electron chi connectivity index (χ1n) is 13.3. The number of benzene rings is 2. The highest BCUT2D eigenvalue weighted by Crippen LogP contribution is 2.45. The molecule has 0 atom stereocenters. The molecule has 0 spiro atoms. The van der Waals surface area contributed by atoms with Gasteiger partial charge in [0, 0.05) is 17.0 Å². The zero-order chi connectivity index (χ0) is 29.4. The lowest BCUT2D eigenvalue weighted by Crippen LogP contribution is -2.45. The van der Waals surface area contributed by atoms with Gasteiger partial charge < -0.3 is 22.7 Å². The monoisotopic (exact) mass is 568 g/mol. The predicted molar refractivity (Wildman–Crippen MR) is 165 cm³/mol. The maximum Gasteiger partial charge on any atom is 0.330 e. The van der Waals surface area contributed by atoms with Crippen molar-refractivity contribution in [1.29, 1.82) is 0 Å². The number of ether oxygens (including phenoxy) is 2. The van der Waals surface area contributed by atoms with Crippen LogP contribution in [0.3, 0.4) is 0 Å². The Bertz CT molecular complexity index is 1370. The lowest BCUT2D eigenvalue weighted by atomic mass is 10.1. The van der Waals surface area contributed by atoms with Crippen LogP contribution in [0.25, 0.3) is 28.4 Å². The molecule has 0 unspecified atom stereocenters. The molecule has 3 rings (SSSR count). The molecule has 0 saturated carbocycles. The smallest absolute Gasteiger partial charge is 0.330 e. The average molecular weight is 569 g/mol. The fraction of sp³-hybridized carbons (Fsp3) is 0.452. The summed E-state index contributed by atoms with van der Waals surface area (Å²) in [7, 11) is -1.31. The third-order valence-corrected chi connectivity index (χ3v) is 16.7. The van der Waals surface area contributed by atoms with E-state index in [-0.39, 0.29) is 10.1 Å². The number of esters is 1. The molecule has 0 radical (unpaired) electrons. The highest BCUT2D eigenvalue weighted by molar-refractivity contribution is 6.75. The molecule has 6 nitrogen and oxygen atoms in total. The minimum Gasteiger partial charge on any atom is -0.541 e. The molecule has 0 aliphatic carbocycles. The summed E-state index contributed by atoms with van der Waals surface area (Å²) in [5.41, 5.74) is 2.32. The molecule has 0 N–H and O–H groups in total. The van der Waals surface area contributed by atoms with E-state index in [0.29, 0.717) is 17.1 Å². The zero-order valence-corrected chi connectivity index (χ0v) is 27.6. The summed E-state index contributed by atoms with van der Waals surface area (Å²) >= 11 is 0. The summed E-state index contributed by atoms with van der Waals surface area (Å²) in [6.07, 6.45) is 3.08. The average Bonchev–Trinajstić information content (AvgIpc) is 3.25. The van der Waals surface area contributed by atoms with E-state index < -0.39 is 22.6 Å². The molecule has 0 bridgehead atoms. The van der Waals surface area contributed by atoms with Gasteiger partial charge in [-0.25, -0.2) is 4.79 Å². The minimum atomic E-state index is -2.16. The Balaban J connectivity index is 2.12. The van der Waals surface area contributed by atoms with Crippen LogP contribution in [0.2, 0.25) is 36.3 Å². The largest absolute Gasteiger partial charge is 0.541 e. The van der Waals surface area contributed by atoms with Crippen LogP contribution in [0, 0.1) is 0 Å². The van der Waals surface area contributed by atoms with Crippen LogP contribution in [-0.4, -0.2) is 36.8 Å². The summed E-state index contributed by atoms with van der Waals surface area (Å²) in [4.78, 5) is 11.6. The molecule has 0 fully saturated rings. The van der Waals surface area contributed by atoms with Crippen molar-refractivity contribution in [2.45, 2.75) is 77.8 Å². The third kappa shape index (κ3) is 6.79. The van der Waals surface area contributed by atoms with Crippen molar-refractivity contribution in [1.82, 2.24) is 0 Å². The quantitative estimate of drug-likeness (QED) is 0.153. The number of fused-ring (bicyclic) bond motifs is 1. The second-order valence-electron chi connectivity index (χ2n) is 13.0. The van der Waals surface area contributed by atoms with Crippen molar-refractivity contribution < 1.29 is 27.5 Å². The summed E-state index contributed by atoms with van der Waals surface area (Å²) in [5, 5.41) is 0.940. The second kappa shape index (κ2) is 10.9. The van der Waals surface area contributed by atoms with Gasteiger partial charge in [0.15, 0.2) is 11.3 Å². The Labute approximate surface area is 235 Å². The van der Waals surface area contributed by atoms with E-state index in [4.69, 9.17) is 22.7 Å². The number of rotatable bonds is 8. The number of hydrogen-bond donors (Lipinski definition) is 0. The highest BCUT2D eigenvalue weighted by Gasteiger charge is 2.42. The van der Waals surface area contributed by atoms with Crippen LogP contribution in [0.15, 0.2) is 46.9 Å². The molecule has 2 aromatic carbocycles. The van der Waals surface area contributed by atoms with Gasteiger partial charge in [-0.05, 0) is 84.3 Å². The van der Waals surface area contributed by atoms with E-state index in [1.54, 1.807) is 13.2 Å². The van der Waals surface area contributed by atoms with Crippen molar-refractivity contribution in [3.63, 3.8) is 0 Å². The second-order valence-corrected chi connectivity index (χ2v) is 22.4. The lowest BCUT2D eigenvalue weighted by molar-refractivity contribution is -0.134. The van der Waals surface area contributed by atoms with Crippen LogP contribution in [-0.2, 0) is 9.53 Å². The molecular formula is C31H44O6Si2. The number of furan rings is 1.